The summed E-state index contributed by atoms with van der Waals surface area (Å²) >= 11 is 5.76. The van der Waals surface area contributed by atoms with Gasteiger partial charge < -0.3 is 9.84 Å². The molecule has 0 saturated heterocycles. The van der Waals surface area contributed by atoms with Gasteiger partial charge in [0.2, 0.25) is 0 Å². The van der Waals surface area contributed by atoms with Crippen LogP contribution in [0.15, 0.2) is 24.3 Å². The van der Waals surface area contributed by atoms with Crippen molar-refractivity contribution in [1.29, 1.82) is 0 Å². The summed E-state index contributed by atoms with van der Waals surface area (Å²) in [6.45, 7) is 3.99. The molecule has 6 heteroatoms. The lowest BCUT2D eigenvalue weighted by molar-refractivity contribution is 0.0689. The third-order valence-electron chi connectivity index (χ3n) is 2.65. The van der Waals surface area contributed by atoms with Crippen molar-refractivity contribution in [2.75, 3.05) is 0 Å². The molecule has 2 aromatic rings. The van der Waals surface area contributed by atoms with Crippen molar-refractivity contribution >= 4 is 17.6 Å². The van der Waals surface area contributed by atoms with Crippen LogP contribution in [0, 0.1) is 13.8 Å². The number of rotatable bonds is 4. The number of carbonyl (C=O) groups is 1. The largest absolute Gasteiger partial charge is 0.485 e. The first-order valence-corrected chi connectivity index (χ1v) is 6.30. The average molecular weight is 293 g/mol. The molecule has 0 fully saturated rings. The van der Waals surface area contributed by atoms with E-state index in [0.29, 0.717) is 5.75 Å². The lowest BCUT2D eigenvalue weighted by atomic mass is 10.1. The van der Waals surface area contributed by atoms with Gasteiger partial charge in [0.25, 0.3) is 0 Å². The van der Waals surface area contributed by atoms with E-state index in [4.69, 9.17) is 21.4 Å². The molecule has 0 unspecified atom stereocenters. The monoisotopic (exact) mass is 292 g/mol. The van der Waals surface area contributed by atoms with Crippen molar-refractivity contribution in [2.45, 2.75) is 20.5 Å². The molecule has 20 heavy (non-hydrogen) atoms. The maximum absolute atomic E-state index is 10.9. The van der Waals surface area contributed by atoms with Gasteiger partial charge in [0.05, 0.1) is 0 Å². The molecule has 1 aromatic carbocycles. The highest BCUT2D eigenvalue weighted by molar-refractivity contribution is 6.29. The zero-order valence-corrected chi connectivity index (χ0v) is 11.8. The second kappa shape index (κ2) is 5.88. The molecule has 0 saturated carbocycles. The summed E-state index contributed by atoms with van der Waals surface area (Å²) in [5, 5.41) is 8.98. The van der Waals surface area contributed by atoms with Gasteiger partial charge in [-0.1, -0.05) is 29.3 Å². The van der Waals surface area contributed by atoms with Crippen LogP contribution in [0.2, 0.25) is 5.15 Å². The van der Waals surface area contributed by atoms with Crippen LogP contribution >= 0.6 is 11.6 Å². The van der Waals surface area contributed by atoms with Crippen LogP contribution in [0.5, 0.6) is 5.75 Å². The van der Waals surface area contributed by atoms with Crippen molar-refractivity contribution in [3.63, 3.8) is 0 Å². The number of aromatic carboxylic acids is 1. The van der Waals surface area contributed by atoms with Crippen molar-refractivity contribution in [2.24, 2.45) is 0 Å². The van der Waals surface area contributed by atoms with Gasteiger partial charge in [0, 0.05) is 6.07 Å². The summed E-state index contributed by atoms with van der Waals surface area (Å²) in [7, 11) is 0. The molecule has 104 valence electrons. The summed E-state index contributed by atoms with van der Waals surface area (Å²) in [5.41, 5.74) is 1.98. The normalized spacial score (nSPS) is 10.3. The first kappa shape index (κ1) is 14.3. The maximum atomic E-state index is 10.9. The van der Waals surface area contributed by atoms with E-state index in [0.717, 1.165) is 11.1 Å². The second-order valence-electron chi connectivity index (χ2n) is 4.35. The number of aryl methyl sites for hydroxylation is 2. The predicted molar refractivity (Wildman–Crippen MR) is 74.2 cm³/mol. The molecule has 0 aliphatic heterocycles. The fourth-order valence-corrected chi connectivity index (χ4v) is 1.94. The molecule has 5 nitrogen and oxygen atoms in total. The molecular formula is C14H13ClN2O3. The molecule has 0 spiro atoms. The third-order valence-corrected chi connectivity index (χ3v) is 2.84. The minimum Gasteiger partial charge on any atom is -0.485 e. The lowest BCUT2D eigenvalue weighted by Crippen LogP contribution is -2.08. The van der Waals surface area contributed by atoms with Gasteiger partial charge in [0.1, 0.15) is 17.5 Å². The van der Waals surface area contributed by atoms with Crippen molar-refractivity contribution in [3.8, 4) is 5.75 Å². The highest BCUT2D eigenvalue weighted by Gasteiger charge is 2.10. The summed E-state index contributed by atoms with van der Waals surface area (Å²) in [6.07, 6.45) is 0. The first-order chi connectivity index (χ1) is 9.45. The molecule has 1 aromatic heterocycles. The molecule has 0 aliphatic carbocycles. The Labute approximate surface area is 121 Å². The van der Waals surface area contributed by atoms with Gasteiger partial charge in [-0.25, -0.2) is 14.8 Å². The zero-order chi connectivity index (χ0) is 14.7. The molecule has 2 rings (SSSR count). The van der Waals surface area contributed by atoms with E-state index in [-0.39, 0.29) is 23.3 Å². The Morgan fingerprint density at radius 1 is 1.30 bits per heavy atom. The van der Waals surface area contributed by atoms with E-state index in [1.54, 1.807) is 0 Å². The predicted octanol–water partition coefficient (Wildman–Crippen LogP) is 3.02. The van der Waals surface area contributed by atoms with E-state index >= 15 is 0 Å². The van der Waals surface area contributed by atoms with Gasteiger partial charge in [0.15, 0.2) is 11.5 Å². The highest BCUT2D eigenvalue weighted by Crippen LogP contribution is 2.19. The Hall–Kier alpha value is -2.14. The molecule has 0 amide bonds. The van der Waals surface area contributed by atoms with Gasteiger partial charge in [-0.15, -0.1) is 0 Å². The third kappa shape index (κ3) is 3.45. The number of halogens is 1. The highest BCUT2D eigenvalue weighted by atomic mass is 35.5. The molecule has 0 radical (unpaired) electrons. The number of aromatic nitrogens is 2. The minimum atomic E-state index is -1.15. The van der Waals surface area contributed by atoms with E-state index in [1.165, 1.54) is 6.07 Å². The number of ether oxygens (including phenoxy) is 1. The number of benzene rings is 1. The van der Waals surface area contributed by atoms with E-state index in [1.807, 2.05) is 32.0 Å². The Morgan fingerprint density at radius 3 is 2.70 bits per heavy atom. The number of hydrogen-bond acceptors (Lipinski definition) is 4. The van der Waals surface area contributed by atoms with Gasteiger partial charge in [-0.2, -0.15) is 0 Å². The SMILES string of the molecule is Cc1ccc(OCc2nc(Cl)cc(C(=O)O)n2)c(C)c1. The van der Waals surface area contributed by atoms with Crippen molar-refractivity contribution in [3.05, 3.63) is 52.1 Å². The Morgan fingerprint density at radius 2 is 2.05 bits per heavy atom. The fraction of sp³-hybridized carbons (Fsp3) is 0.214. The number of hydrogen-bond donors (Lipinski definition) is 1. The molecule has 0 bridgehead atoms. The van der Waals surface area contributed by atoms with Gasteiger partial charge in [-0.3, -0.25) is 0 Å². The summed E-state index contributed by atoms with van der Waals surface area (Å²) in [5.74, 6) is -0.215. The van der Waals surface area contributed by atoms with Crippen LogP contribution in [-0.4, -0.2) is 21.0 Å². The molecule has 0 atom stereocenters. The molecule has 1 heterocycles. The van der Waals surface area contributed by atoms with Crippen LogP contribution < -0.4 is 4.74 Å². The Kier molecular flexibility index (Phi) is 4.20. The maximum Gasteiger partial charge on any atom is 0.354 e. The van der Waals surface area contributed by atoms with Crippen LogP contribution in [0.1, 0.15) is 27.4 Å². The number of carboxylic acid groups (broad SMARTS) is 1. The first-order valence-electron chi connectivity index (χ1n) is 5.92. The second-order valence-corrected chi connectivity index (χ2v) is 4.74. The lowest BCUT2D eigenvalue weighted by Gasteiger charge is -2.09. The van der Waals surface area contributed by atoms with E-state index < -0.39 is 5.97 Å². The van der Waals surface area contributed by atoms with Crippen LogP contribution in [-0.2, 0) is 6.61 Å². The number of nitrogens with zero attached hydrogens (tertiary/aromatic N) is 2. The number of carboxylic acids is 1. The van der Waals surface area contributed by atoms with Gasteiger partial charge >= 0.3 is 5.97 Å². The fourth-order valence-electron chi connectivity index (χ4n) is 1.74. The zero-order valence-electron chi connectivity index (χ0n) is 11.1. The van der Waals surface area contributed by atoms with Crippen LogP contribution in [0.4, 0.5) is 0 Å². The Bertz CT molecular complexity index is 659. The standard InChI is InChI=1S/C14H13ClN2O3/c1-8-3-4-11(9(2)5-8)20-7-13-16-10(14(18)19)6-12(15)17-13/h3-6H,7H2,1-2H3,(H,18,19). The van der Waals surface area contributed by atoms with Gasteiger partial charge in [-0.05, 0) is 25.5 Å². The molecule has 0 aliphatic rings. The topological polar surface area (TPSA) is 72.3 Å². The van der Waals surface area contributed by atoms with Crippen molar-refractivity contribution in [1.82, 2.24) is 9.97 Å². The summed E-state index contributed by atoms with van der Waals surface area (Å²) < 4.78 is 5.59. The quantitative estimate of drug-likeness (QED) is 0.877. The average Bonchev–Trinajstić information content (AvgIpc) is 2.37. The smallest absolute Gasteiger partial charge is 0.354 e. The summed E-state index contributed by atoms with van der Waals surface area (Å²) in [6, 6.07) is 6.98. The minimum absolute atomic E-state index is 0.0603. The molecular weight excluding hydrogens is 280 g/mol. The Balaban J connectivity index is 2.16. The van der Waals surface area contributed by atoms with Crippen molar-refractivity contribution < 1.29 is 14.6 Å². The van der Waals surface area contributed by atoms with E-state index in [2.05, 4.69) is 9.97 Å². The van der Waals surface area contributed by atoms with Crippen LogP contribution in [0.3, 0.4) is 0 Å². The molecule has 1 N–H and O–H groups in total. The van der Waals surface area contributed by atoms with Crippen LogP contribution in [0.25, 0.3) is 0 Å². The van der Waals surface area contributed by atoms with E-state index in [9.17, 15) is 4.79 Å². The summed E-state index contributed by atoms with van der Waals surface area (Å²) in [4.78, 5) is 18.7.